The van der Waals surface area contributed by atoms with Gasteiger partial charge in [0.25, 0.3) is 0 Å². The minimum absolute atomic E-state index is 0.155. The van der Waals surface area contributed by atoms with Crippen molar-refractivity contribution in [3.8, 4) is 0 Å². The number of nitrogens with zero attached hydrogens (tertiary/aromatic N) is 3. The summed E-state index contributed by atoms with van der Waals surface area (Å²) in [7, 11) is 1.78. The highest BCUT2D eigenvalue weighted by Gasteiger charge is 2.17. The third-order valence-electron chi connectivity index (χ3n) is 2.11. The molecule has 78 valence electrons. The first-order valence-electron chi connectivity index (χ1n) is 4.55. The predicted octanol–water partition coefficient (Wildman–Crippen LogP) is 1.26. The summed E-state index contributed by atoms with van der Waals surface area (Å²) < 4.78 is 6.60. The van der Waals surface area contributed by atoms with Crippen molar-refractivity contribution in [2.45, 2.75) is 13.8 Å². The summed E-state index contributed by atoms with van der Waals surface area (Å²) in [6.07, 6.45) is 3.05. The van der Waals surface area contributed by atoms with E-state index in [-0.39, 0.29) is 5.78 Å². The van der Waals surface area contributed by atoms with Crippen LogP contribution in [0.1, 0.15) is 27.6 Å². The van der Waals surface area contributed by atoms with Gasteiger partial charge in [-0.3, -0.25) is 9.48 Å². The number of hydrogen-bond donors (Lipinski definition) is 0. The zero-order valence-corrected chi connectivity index (χ0v) is 8.81. The van der Waals surface area contributed by atoms with Crippen molar-refractivity contribution in [2.75, 3.05) is 0 Å². The standard InChI is InChI=1S/C10H11N3O2/c1-6-8(4-13(3)12-6)10(14)9-5-15-7(2)11-9/h4-5H,1-3H3. The van der Waals surface area contributed by atoms with E-state index in [1.54, 1.807) is 31.8 Å². The van der Waals surface area contributed by atoms with Crippen LogP contribution < -0.4 is 0 Å². The molecule has 0 aliphatic carbocycles. The molecule has 0 saturated heterocycles. The number of carbonyl (C=O) groups excluding carboxylic acids is 1. The molecule has 0 amide bonds. The zero-order chi connectivity index (χ0) is 11.0. The van der Waals surface area contributed by atoms with Crippen LogP contribution in [0.5, 0.6) is 0 Å². The van der Waals surface area contributed by atoms with Crippen LogP contribution in [-0.2, 0) is 7.05 Å². The number of oxazole rings is 1. The average molecular weight is 205 g/mol. The van der Waals surface area contributed by atoms with Crippen LogP contribution in [0.4, 0.5) is 0 Å². The highest BCUT2D eigenvalue weighted by molar-refractivity contribution is 6.08. The maximum atomic E-state index is 11.9. The molecule has 5 heteroatoms. The highest BCUT2D eigenvalue weighted by Crippen LogP contribution is 2.12. The first-order chi connectivity index (χ1) is 7.08. The van der Waals surface area contributed by atoms with Gasteiger partial charge in [0, 0.05) is 20.2 Å². The Labute approximate surface area is 86.7 Å². The Morgan fingerprint density at radius 1 is 1.47 bits per heavy atom. The largest absolute Gasteiger partial charge is 0.449 e. The molecule has 15 heavy (non-hydrogen) atoms. The third-order valence-corrected chi connectivity index (χ3v) is 2.11. The number of ketones is 1. The van der Waals surface area contributed by atoms with Crippen LogP contribution in [0.3, 0.4) is 0 Å². The second-order valence-electron chi connectivity index (χ2n) is 3.38. The SMILES string of the molecule is Cc1nc(C(=O)c2cn(C)nc2C)co1. The number of aromatic nitrogens is 3. The van der Waals surface area contributed by atoms with Gasteiger partial charge in [0.1, 0.15) is 12.0 Å². The summed E-state index contributed by atoms with van der Waals surface area (Å²) in [5.74, 6) is 0.331. The van der Waals surface area contributed by atoms with E-state index in [1.165, 1.54) is 6.26 Å². The molecular weight excluding hydrogens is 194 g/mol. The van der Waals surface area contributed by atoms with E-state index in [4.69, 9.17) is 4.42 Å². The molecule has 2 rings (SSSR count). The van der Waals surface area contributed by atoms with Gasteiger partial charge < -0.3 is 4.42 Å². The second-order valence-corrected chi connectivity index (χ2v) is 3.38. The van der Waals surface area contributed by atoms with Crippen LogP contribution >= 0.6 is 0 Å². The predicted molar refractivity (Wildman–Crippen MR) is 52.6 cm³/mol. The van der Waals surface area contributed by atoms with E-state index in [0.717, 1.165) is 0 Å². The molecule has 0 aromatic carbocycles. The van der Waals surface area contributed by atoms with E-state index >= 15 is 0 Å². The molecular formula is C10H11N3O2. The van der Waals surface area contributed by atoms with Crippen molar-refractivity contribution in [3.63, 3.8) is 0 Å². The number of rotatable bonds is 2. The molecule has 0 saturated carbocycles. The summed E-state index contributed by atoms with van der Waals surface area (Å²) in [5.41, 5.74) is 1.58. The van der Waals surface area contributed by atoms with E-state index in [0.29, 0.717) is 22.8 Å². The molecule has 0 aliphatic rings. The van der Waals surface area contributed by atoms with E-state index in [2.05, 4.69) is 10.1 Å². The van der Waals surface area contributed by atoms with Gasteiger partial charge in [-0.2, -0.15) is 5.10 Å². The molecule has 0 radical (unpaired) electrons. The minimum Gasteiger partial charge on any atom is -0.449 e. The third kappa shape index (κ3) is 1.68. The number of hydrogen-bond acceptors (Lipinski definition) is 4. The molecule has 0 fully saturated rings. The van der Waals surface area contributed by atoms with Crippen molar-refractivity contribution in [3.05, 3.63) is 35.3 Å². The Morgan fingerprint density at radius 2 is 2.20 bits per heavy atom. The molecule has 0 unspecified atom stereocenters. The fourth-order valence-electron chi connectivity index (χ4n) is 1.43. The molecule has 0 spiro atoms. The van der Waals surface area contributed by atoms with Gasteiger partial charge in [-0.05, 0) is 6.92 Å². The Kier molecular flexibility index (Phi) is 2.15. The normalized spacial score (nSPS) is 10.6. The van der Waals surface area contributed by atoms with Gasteiger partial charge in [0.2, 0.25) is 5.78 Å². The lowest BCUT2D eigenvalue weighted by molar-refractivity contribution is 0.103. The number of aryl methyl sites for hydroxylation is 3. The molecule has 0 bridgehead atoms. The summed E-state index contributed by atoms with van der Waals surface area (Å²) in [5, 5.41) is 4.10. The van der Waals surface area contributed by atoms with E-state index in [1.807, 2.05) is 0 Å². The zero-order valence-electron chi connectivity index (χ0n) is 8.81. The highest BCUT2D eigenvalue weighted by atomic mass is 16.3. The van der Waals surface area contributed by atoms with Crippen molar-refractivity contribution < 1.29 is 9.21 Å². The lowest BCUT2D eigenvalue weighted by Crippen LogP contribution is -2.02. The summed E-state index contributed by atoms with van der Waals surface area (Å²) in [6.45, 7) is 3.49. The fourth-order valence-corrected chi connectivity index (χ4v) is 1.43. The molecule has 0 aliphatic heterocycles. The van der Waals surface area contributed by atoms with Crippen LogP contribution in [0.2, 0.25) is 0 Å². The molecule has 2 aromatic heterocycles. The van der Waals surface area contributed by atoms with Crippen molar-refractivity contribution in [1.29, 1.82) is 0 Å². The van der Waals surface area contributed by atoms with Gasteiger partial charge >= 0.3 is 0 Å². The first-order valence-corrected chi connectivity index (χ1v) is 4.55. The van der Waals surface area contributed by atoms with Crippen molar-refractivity contribution >= 4 is 5.78 Å². The molecule has 2 heterocycles. The van der Waals surface area contributed by atoms with Gasteiger partial charge in [-0.25, -0.2) is 4.98 Å². The quantitative estimate of drug-likeness (QED) is 0.692. The van der Waals surface area contributed by atoms with Gasteiger partial charge in [-0.15, -0.1) is 0 Å². The van der Waals surface area contributed by atoms with E-state index < -0.39 is 0 Å². The Hall–Kier alpha value is -1.91. The lowest BCUT2D eigenvalue weighted by Gasteiger charge is -1.91. The van der Waals surface area contributed by atoms with Crippen LogP contribution in [-0.4, -0.2) is 20.5 Å². The first kappa shape index (κ1) is 9.64. The summed E-state index contributed by atoms with van der Waals surface area (Å²) >= 11 is 0. The van der Waals surface area contributed by atoms with Crippen LogP contribution in [0.25, 0.3) is 0 Å². The smallest absolute Gasteiger partial charge is 0.218 e. The monoisotopic (exact) mass is 205 g/mol. The van der Waals surface area contributed by atoms with Gasteiger partial charge in [-0.1, -0.05) is 0 Å². The Morgan fingerprint density at radius 3 is 2.67 bits per heavy atom. The summed E-state index contributed by atoms with van der Waals surface area (Å²) in [4.78, 5) is 15.9. The van der Waals surface area contributed by atoms with E-state index in [9.17, 15) is 4.79 Å². The van der Waals surface area contributed by atoms with Gasteiger partial charge in [0.15, 0.2) is 5.89 Å². The average Bonchev–Trinajstić information content (AvgIpc) is 2.71. The summed E-state index contributed by atoms with van der Waals surface area (Å²) in [6, 6.07) is 0. The van der Waals surface area contributed by atoms with Crippen molar-refractivity contribution in [1.82, 2.24) is 14.8 Å². The lowest BCUT2D eigenvalue weighted by atomic mass is 10.1. The molecule has 0 N–H and O–H groups in total. The topological polar surface area (TPSA) is 60.9 Å². The maximum absolute atomic E-state index is 11.9. The molecule has 0 atom stereocenters. The van der Waals surface area contributed by atoms with Gasteiger partial charge in [0.05, 0.1) is 11.3 Å². The Bertz CT molecular complexity index is 510. The molecule has 5 nitrogen and oxygen atoms in total. The van der Waals surface area contributed by atoms with Crippen LogP contribution in [0, 0.1) is 13.8 Å². The minimum atomic E-state index is -0.155. The number of carbonyl (C=O) groups is 1. The van der Waals surface area contributed by atoms with Crippen molar-refractivity contribution in [2.24, 2.45) is 7.05 Å². The second kappa shape index (κ2) is 3.34. The maximum Gasteiger partial charge on any atom is 0.218 e. The van der Waals surface area contributed by atoms with Crippen LogP contribution in [0.15, 0.2) is 16.9 Å². The molecule has 2 aromatic rings. The Balaban J connectivity index is 2.40. The fraction of sp³-hybridized carbons (Fsp3) is 0.300.